The number of hydrogen-bond donors (Lipinski definition) is 1. The highest BCUT2D eigenvalue weighted by Gasteiger charge is 2.24. The molecule has 1 fully saturated rings. The summed E-state index contributed by atoms with van der Waals surface area (Å²) in [6, 6.07) is 0. The summed E-state index contributed by atoms with van der Waals surface area (Å²) < 4.78 is 8.11. The fraction of sp³-hybridized carbons (Fsp3) is 0.786. The van der Waals surface area contributed by atoms with Crippen molar-refractivity contribution in [1.82, 2.24) is 14.9 Å². The summed E-state index contributed by atoms with van der Waals surface area (Å²) in [5.41, 5.74) is 2.55. The lowest BCUT2D eigenvalue weighted by atomic mass is 10.0. The standard InChI is InChI=1S/C14H23N3O/c1-17-10-16-13-7-15-6-12(14(13)17)9-18-8-11-4-2-3-5-11/h10-12,15H,2-9H2,1H3/t12-/m0/s1. The van der Waals surface area contributed by atoms with Gasteiger partial charge in [0.05, 0.1) is 18.6 Å². The van der Waals surface area contributed by atoms with Crippen LogP contribution in [-0.2, 0) is 18.3 Å². The Hall–Kier alpha value is -0.870. The van der Waals surface area contributed by atoms with Gasteiger partial charge in [-0.3, -0.25) is 0 Å². The third-order valence-electron chi connectivity index (χ3n) is 4.28. The van der Waals surface area contributed by atoms with E-state index in [1.165, 1.54) is 37.1 Å². The zero-order valence-corrected chi connectivity index (χ0v) is 11.2. The van der Waals surface area contributed by atoms with Crippen molar-refractivity contribution in [2.75, 3.05) is 19.8 Å². The molecule has 18 heavy (non-hydrogen) atoms. The van der Waals surface area contributed by atoms with Crippen LogP contribution in [0.1, 0.15) is 43.0 Å². The first-order chi connectivity index (χ1) is 8.84. The number of aromatic nitrogens is 2. The predicted molar refractivity (Wildman–Crippen MR) is 70.4 cm³/mol. The van der Waals surface area contributed by atoms with Crippen molar-refractivity contribution < 1.29 is 4.74 Å². The average molecular weight is 249 g/mol. The molecule has 1 saturated carbocycles. The summed E-state index contributed by atoms with van der Waals surface area (Å²) >= 11 is 0. The summed E-state index contributed by atoms with van der Waals surface area (Å²) in [4.78, 5) is 4.44. The Bertz CT molecular complexity index is 396. The minimum Gasteiger partial charge on any atom is -0.380 e. The van der Waals surface area contributed by atoms with E-state index in [1.807, 2.05) is 6.33 Å². The first-order valence-corrected chi connectivity index (χ1v) is 7.13. The molecule has 4 nitrogen and oxygen atoms in total. The largest absolute Gasteiger partial charge is 0.380 e. The lowest BCUT2D eigenvalue weighted by Gasteiger charge is -2.24. The first kappa shape index (κ1) is 12.2. The number of imidazole rings is 1. The van der Waals surface area contributed by atoms with Crippen molar-refractivity contribution in [3.63, 3.8) is 0 Å². The van der Waals surface area contributed by atoms with Crippen LogP contribution in [0.25, 0.3) is 0 Å². The third kappa shape index (κ3) is 2.45. The fourth-order valence-corrected chi connectivity index (χ4v) is 3.30. The van der Waals surface area contributed by atoms with Gasteiger partial charge in [0.25, 0.3) is 0 Å². The Labute approximate surface area is 109 Å². The monoisotopic (exact) mass is 249 g/mol. The van der Waals surface area contributed by atoms with Crippen LogP contribution >= 0.6 is 0 Å². The molecule has 3 rings (SSSR count). The van der Waals surface area contributed by atoms with Gasteiger partial charge in [-0.25, -0.2) is 4.98 Å². The maximum Gasteiger partial charge on any atom is 0.0949 e. The van der Waals surface area contributed by atoms with Crippen molar-refractivity contribution in [3.05, 3.63) is 17.7 Å². The Kier molecular flexibility index (Phi) is 3.66. The molecule has 4 heteroatoms. The number of hydrogen-bond acceptors (Lipinski definition) is 3. The van der Waals surface area contributed by atoms with Crippen LogP contribution in [-0.4, -0.2) is 29.3 Å². The lowest BCUT2D eigenvalue weighted by Crippen LogP contribution is -2.32. The number of ether oxygens (including phenoxy) is 1. The Morgan fingerprint density at radius 1 is 1.39 bits per heavy atom. The first-order valence-electron chi connectivity index (χ1n) is 7.13. The van der Waals surface area contributed by atoms with Gasteiger partial charge in [0.1, 0.15) is 0 Å². The second-order valence-corrected chi connectivity index (χ2v) is 5.70. The van der Waals surface area contributed by atoms with Gasteiger partial charge >= 0.3 is 0 Å². The SMILES string of the molecule is Cn1cnc2c1[C@H](COCC1CCCC1)CNC2. The van der Waals surface area contributed by atoms with Crippen LogP contribution in [0.2, 0.25) is 0 Å². The highest BCUT2D eigenvalue weighted by atomic mass is 16.5. The van der Waals surface area contributed by atoms with E-state index in [2.05, 4.69) is 21.9 Å². The molecule has 1 N–H and O–H groups in total. The summed E-state index contributed by atoms with van der Waals surface area (Å²) in [7, 11) is 2.08. The van der Waals surface area contributed by atoms with Gasteiger partial charge < -0.3 is 14.6 Å². The third-order valence-corrected chi connectivity index (χ3v) is 4.28. The van der Waals surface area contributed by atoms with Crippen molar-refractivity contribution >= 4 is 0 Å². The van der Waals surface area contributed by atoms with Crippen LogP contribution in [0, 0.1) is 5.92 Å². The van der Waals surface area contributed by atoms with Gasteiger partial charge in [-0.1, -0.05) is 12.8 Å². The van der Waals surface area contributed by atoms with Crippen LogP contribution < -0.4 is 5.32 Å². The van der Waals surface area contributed by atoms with Gasteiger partial charge in [0.15, 0.2) is 0 Å². The maximum atomic E-state index is 5.96. The number of fused-ring (bicyclic) bond motifs is 1. The molecule has 100 valence electrons. The van der Waals surface area contributed by atoms with E-state index in [-0.39, 0.29) is 0 Å². The van der Waals surface area contributed by atoms with Crippen LogP contribution in [0.15, 0.2) is 6.33 Å². The average Bonchev–Trinajstić information content (AvgIpc) is 3.00. The molecule has 2 heterocycles. The van der Waals surface area contributed by atoms with Crippen molar-refractivity contribution in [3.8, 4) is 0 Å². The number of nitrogens with zero attached hydrogens (tertiary/aromatic N) is 2. The smallest absolute Gasteiger partial charge is 0.0949 e. The molecule has 0 aromatic carbocycles. The molecule has 0 spiro atoms. The van der Waals surface area contributed by atoms with Gasteiger partial charge in [0, 0.05) is 38.4 Å². The molecule has 1 aliphatic heterocycles. The quantitative estimate of drug-likeness (QED) is 0.884. The Morgan fingerprint density at radius 3 is 3.06 bits per heavy atom. The zero-order valence-electron chi connectivity index (χ0n) is 11.2. The minimum atomic E-state index is 0.461. The molecule has 0 unspecified atom stereocenters. The van der Waals surface area contributed by atoms with Crippen LogP contribution in [0.3, 0.4) is 0 Å². The van der Waals surface area contributed by atoms with E-state index in [9.17, 15) is 0 Å². The molecule has 0 saturated heterocycles. The number of nitrogens with one attached hydrogen (secondary N) is 1. The molecule has 2 aliphatic rings. The van der Waals surface area contributed by atoms with E-state index in [0.717, 1.165) is 32.2 Å². The van der Waals surface area contributed by atoms with Crippen molar-refractivity contribution in [2.24, 2.45) is 13.0 Å². The Balaban J connectivity index is 1.55. The topological polar surface area (TPSA) is 39.1 Å². The molecule has 0 radical (unpaired) electrons. The second kappa shape index (κ2) is 5.41. The number of rotatable bonds is 4. The van der Waals surface area contributed by atoms with Gasteiger partial charge in [-0.2, -0.15) is 0 Å². The fourth-order valence-electron chi connectivity index (χ4n) is 3.30. The molecular formula is C14H23N3O. The summed E-state index contributed by atoms with van der Waals surface area (Å²) in [6.45, 7) is 3.69. The summed E-state index contributed by atoms with van der Waals surface area (Å²) in [5.74, 6) is 1.27. The minimum absolute atomic E-state index is 0.461. The molecule has 0 bridgehead atoms. The van der Waals surface area contributed by atoms with E-state index < -0.39 is 0 Å². The van der Waals surface area contributed by atoms with Crippen molar-refractivity contribution in [2.45, 2.75) is 38.1 Å². The number of aryl methyl sites for hydroxylation is 1. The molecule has 1 atom stereocenters. The van der Waals surface area contributed by atoms with E-state index in [4.69, 9.17) is 4.74 Å². The molecular weight excluding hydrogens is 226 g/mol. The normalized spacial score (nSPS) is 24.4. The highest BCUT2D eigenvalue weighted by molar-refractivity contribution is 5.21. The molecule has 1 aromatic rings. The van der Waals surface area contributed by atoms with Gasteiger partial charge in [-0.15, -0.1) is 0 Å². The lowest BCUT2D eigenvalue weighted by molar-refractivity contribution is 0.0863. The molecule has 0 amide bonds. The van der Waals surface area contributed by atoms with Gasteiger partial charge in [-0.05, 0) is 18.8 Å². The summed E-state index contributed by atoms with van der Waals surface area (Å²) in [5, 5.41) is 3.43. The van der Waals surface area contributed by atoms with Crippen LogP contribution in [0.4, 0.5) is 0 Å². The van der Waals surface area contributed by atoms with Gasteiger partial charge in [0.2, 0.25) is 0 Å². The second-order valence-electron chi connectivity index (χ2n) is 5.70. The predicted octanol–water partition coefficient (Wildman–Crippen LogP) is 1.81. The summed E-state index contributed by atoms with van der Waals surface area (Å²) in [6.07, 6.45) is 7.43. The van der Waals surface area contributed by atoms with Crippen LogP contribution in [0.5, 0.6) is 0 Å². The van der Waals surface area contributed by atoms with Crippen molar-refractivity contribution in [1.29, 1.82) is 0 Å². The highest BCUT2D eigenvalue weighted by Crippen LogP contribution is 2.26. The van der Waals surface area contributed by atoms with E-state index in [1.54, 1.807) is 0 Å². The molecule has 1 aromatic heterocycles. The maximum absolute atomic E-state index is 5.96. The zero-order chi connectivity index (χ0) is 12.4. The van der Waals surface area contributed by atoms with E-state index >= 15 is 0 Å². The van der Waals surface area contributed by atoms with E-state index in [0.29, 0.717) is 5.92 Å². The Morgan fingerprint density at radius 2 is 2.22 bits per heavy atom. The molecule has 1 aliphatic carbocycles.